The van der Waals surface area contributed by atoms with Crippen LogP contribution in [0.2, 0.25) is 0 Å². The van der Waals surface area contributed by atoms with E-state index >= 15 is 0 Å². The van der Waals surface area contributed by atoms with Crippen molar-refractivity contribution in [1.82, 2.24) is 14.9 Å². The number of aryl methyl sites for hydroxylation is 1. The van der Waals surface area contributed by atoms with Crippen molar-refractivity contribution in [2.75, 3.05) is 23.0 Å². The fraction of sp³-hybridized carbons (Fsp3) is 0.211. The third-order valence-corrected chi connectivity index (χ3v) is 6.13. The van der Waals surface area contributed by atoms with Gasteiger partial charge in [0.1, 0.15) is 0 Å². The largest absolute Gasteiger partial charge is 0.335 e. The highest BCUT2D eigenvalue weighted by Crippen LogP contribution is 2.30. The van der Waals surface area contributed by atoms with Crippen LogP contribution in [0.5, 0.6) is 0 Å². The van der Waals surface area contributed by atoms with E-state index in [0.717, 1.165) is 35.1 Å². The number of benzene rings is 2. The minimum atomic E-state index is 0.0533. The Labute approximate surface area is 169 Å². The molecule has 4 rings (SSSR count). The Morgan fingerprint density at radius 1 is 1.15 bits per heavy atom. The van der Waals surface area contributed by atoms with Crippen LogP contribution in [0.1, 0.15) is 12.0 Å². The van der Waals surface area contributed by atoms with Crippen LogP contribution in [0.25, 0.3) is 11.4 Å². The predicted molar refractivity (Wildman–Crippen MR) is 111 cm³/mol. The van der Waals surface area contributed by atoms with Crippen LogP contribution in [0, 0.1) is 0 Å². The smallest absolute Gasteiger partial charge is 0.237 e. The highest BCUT2D eigenvalue weighted by atomic mass is 79.9. The molecular formula is C19H18BrN5OS. The van der Waals surface area contributed by atoms with Crippen LogP contribution in [-0.4, -0.2) is 33.1 Å². The molecule has 0 fully saturated rings. The number of halogens is 1. The van der Waals surface area contributed by atoms with E-state index in [2.05, 4.69) is 32.2 Å². The van der Waals surface area contributed by atoms with Gasteiger partial charge in [-0.05, 0) is 36.6 Å². The molecule has 8 heteroatoms. The van der Waals surface area contributed by atoms with Crippen molar-refractivity contribution in [3.63, 3.8) is 0 Å². The zero-order valence-electron chi connectivity index (χ0n) is 14.5. The van der Waals surface area contributed by atoms with Crippen LogP contribution in [0.15, 0.2) is 58.2 Å². The number of fused-ring (bicyclic) bond motifs is 1. The number of nitrogen functional groups attached to an aromatic ring is 1. The van der Waals surface area contributed by atoms with Crippen molar-refractivity contribution in [3.8, 4) is 11.4 Å². The van der Waals surface area contributed by atoms with Crippen molar-refractivity contribution in [2.24, 2.45) is 0 Å². The second-order valence-corrected chi connectivity index (χ2v) is 8.02. The van der Waals surface area contributed by atoms with Crippen molar-refractivity contribution < 1.29 is 4.79 Å². The maximum atomic E-state index is 12.8. The van der Waals surface area contributed by atoms with E-state index in [4.69, 9.17) is 5.84 Å². The molecule has 0 atom stereocenters. The minimum Gasteiger partial charge on any atom is -0.335 e. The molecule has 27 heavy (non-hydrogen) atoms. The summed E-state index contributed by atoms with van der Waals surface area (Å²) in [5.74, 6) is 7.04. The van der Waals surface area contributed by atoms with Crippen molar-refractivity contribution in [1.29, 1.82) is 0 Å². The van der Waals surface area contributed by atoms with Gasteiger partial charge in [0, 0.05) is 22.3 Å². The van der Waals surface area contributed by atoms with Gasteiger partial charge in [0.15, 0.2) is 5.82 Å². The molecule has 3 aromatic rings. The minimum absolute atomic E-state index is 0.0533. The van der Waals surface area contributed by atoms with Gasteiger partial charge in [-0.1, -0.05) is 58.0 Å². The number of carbonyl (C=O) groups excluding carboxylic acids is 1. The molecule has 138 valence electrons. The van der Waals surface area contributed by atoms with Gasteiger partial charge in [0.05, 0.1) is 5.75 Å². The first-order valence-corrected chi connectivity index (χ1v) is 10.4. The zero-order valence-corrected chi connectivity index (χ0v) is 16.9. The lowest BCUT2D eigenvalue weighted by atomic mass is 10.0. The van der Waals surface area contributed by atoms with Crippen LogP contribution in [-0.2, 0) is 11.2 Å². The van der Waals surface area contributed by atoms with Gasteiger partial charge in [-0.25, -0.2) is 4.68 Å². The SMILES string of the molecule is Nn1c(SCC(=O)N2CCCc3ccccc32)nnc1-c1ccccc1Br. The number of hydrogen-bond acceptors (Lipinski definition) is 5. The van der Waals surface area contributed by atoms with Crippen LogP contribution in [0.3, 0.4) is 0 Å². The number of carbonyl (C=O) groups is 1. The molecule has 0 aliphatic carbocycles. The third-order valence-electron chi connectivity index (χ3n) is 4.52. The summed E-state index contributed by atoms with van der Waals surface area (Å²) in [6.07, 6.45) is 1.99. The van der Waals surface area contributed by atoms with Crippen LogP contribution >= 0.6 is 27.7 Å². The molecule has 6 nitrogen and oxygen atoms in total. The van der Waals surface area contributed by atoms with E-state index in [9.17, 15) is 4.79 Å². The number of aromatic nitrogens is 3. The quantitative estimate of drug-likeness (QED) is 0.493. The topological polar surface area (TPSA) is 77.0 Å². The lowest BCUT2D eigenvalue weighted by Crippen LogP contribution is -2.36. The molecule has 0 saturated carbocycles. The number of para-hydroxylation sites is 1. The summed E-state index contributed by atoms with van der Waals surface area (Å²) in [6, 6.07) is 15.8. The molecule has 0 unspecified atom stereocenters. The van der Waals surface area contributed by atoms with Crippen molar-refractivity contribution >= 4 is 39.3 Å². The predicted octanol–water partition coefficient (Wildman–Crippen LogP) is 3.49. The zero-order chi connectivity index (χ0) is 18.8. The van der Waals surface area contributed by atoms with Crippen LogP contribution in [0.4, 0.5) is 5.69 Å². The normalized spacial score (nSPS) is 13.4. The summed E-state index contributed by atoms with van der Waals surface area (Å²) in [4.78, 5) is 14.6. The Balaban J connectivity index is 1.49. The maximum Gasteiger partial charge on any atom is 0.237 e. The summed E-state index contributed by atoms with van der Waals surface area (Å²) in [5, 5.41) is 8.85. The third kappa shape index (κ3) is 3.59. The number of rotatable bonds is 4. The van der Waals surface area contributed by atoms with Gasteiger partial charge in [-0.15, -0.1) is 10.2 Å². The number of hydrogen-bond donors (Lipinski definition) is 1. The number of amides is 1. The van der Waals surface area contributed by atoms with Gasteiger partial charge < -0.3 is 10.7 Å². The van der Waals surface area contributed by atoms with Gasteiger partial charge in [-0.2, -0.15) is 0 Å². The number of anilines is 1. The fourth-order valence-electron chi connectivity index (χ4n) is 3.20. The average Bonchev–Trinajstić information content (AvgIpc) is 3.06. The summed E-state index contributed by atoms with van der Waals surface area (Å²) in [7, 11) is 0. The highest BCUT2D eigenvalue weighted by Gasteiger charge is 2.23. The Bertz CT molecular complexity index is 990. The second-order valence-electron chi connectivity index (χ2n) is 6.22. The Morgan fingerprint density at radius 2 is 1.93 bits per heavy atom. The van der Waals surface area contributed by atoms with Gasteiger partial charge in [0.25, 0.3) is 0 Å². The molecule has 1 aliphatic rings. The lowest BCUT2D eigenvalue weighted by Gasteiger charge is -2.29. The summed E-state index contributed by atoms with van der Waals surface area (Å²) in [6.45, 7) is 0.744. The molecule has 2 N–H and O–H groups in total. The second kappa shape index (κ2) is 7.74. The van der Waals surface area contributed by atoms with Crippen molar-refractivity contribution in [2.45, 2.75) is 18.0 Å². The lowest BCUT2D eigenvalue weighted by molar-refractivity contribution is -0.116. The van der Waals surface area contributed by atoms with E-state index in [-0.39, 0.29) is 11.7 Å². The number of thioether (sulfide) groups is 1. The Hall–Kier alpha value is -2.32. The van der Waals surface area contributed by atoms with E-state index in [0.29, 0.717) is 11.0 Å². The summed E-state index contributed by atoms with van der Waals surface area (Å²) in [5.41, 5.74) is 3.09. The monoisotopic (exact) mass is 443 g/mol. The molecule has 1 amide bonds. The Kier molecular flexibility index (Phi) is 5.18. The molecule has 0 spiro atoms. The summed E-state index contributed by atoms with van der Waals surface area (Å²) < 4.78 is 2.32. The first-order chi connectivity index (χ1) is 13.1. The van der Waals surface area contributed by atoms with Crippen LogP contribution < -0.4 is 10.7 Å². The molecule has 1 aromatic heterocycles. The van der Waals surface area contributed by atoms with Crippen molar-refractivity contribution in [3.05, 3.63) is 58.6 Å². The van der Waals surface area contributed by atoms with E-state index in [1.165, 1.54) is 22.0 Å². The fourth-order valence-corrected chi connectivity index (χ4v) is 4.39. The molecule has 0 radical (unpaired) electrons. The highest BCUT2D eigenvalue weighted by molar-refractivity contribution is 9.10. The van der Waals surface area contributed by atoms with E-state index < -0.39 is 0 Å². The molecule has 2 aromatic carbocycles. The van der Waals surface area contributed by atoms with Gasteiger partial charge >= 0.3 is 0 Å². The van der Waals surface area contributed by atoms with Gasteiger partial charge in [0.2, 0.25) is 11.1 Å². The molecule has 1 aliphatic heterocycles. The molecule has 2 heterocycles. The van der Waals surface area contributed by atoms with E-state index in [1.54, 1.807) is 0 Å². The number of nitrogens with zero attached hydrogens (tertiary/aromatic N) is 4. The van der Waals surface area contributed by atoms with Gasteiger partial charge in [-0.3, -0.25) is 4.79 Å². The average molecular weight is 444 g/mol. The first kappa shape index (κ1) is 18.1. The molecule has 0 bridgehead atoms. The maximum absolute atomic E-state index is 12.8. The summed E-state index contributed by atoms with van der Waals surface area (Å²) >= 11 is 4.80. The number of nitrogens with two attached hydrogens (primary N) is 1. The standard InChI is InChI=1S/C19H18BrN5OS/c20-15-9-3-2-8-14(15)18-22-23-19(25(18)21)27-12-17(26)24-11-5-7-13-6-1-4-10-16(13)24/h1-4,6,8-10H,5,7,11-12,21H2. The molecular weight excluding hydrogens is 426 g/mol. The Morgan fingerprint density at radius 3 is 2.78 bits per heavy atom. The van der Waals surface area contributed by atoms with E-state index in [1.807, 2.05) is 47.4 Å². The first-order valence-electron chi connectivity index (χ1n) is 8.61. The molecule has 0 saturated heterocycles.